The van der Waals surface area contributed by atoms with Gasteiger partial charge in [-0.25, -0.2) is 0 Å². The molecule has 7 heteroatoms. The normalized spacial score (nSPS) is 12.5. The number of rotatable bonds is 3. The minimum atomic E-state index is -4.47. The monoisotopic (exact) mass is 292 g/mol. The molecule has 2 aromatic rings. The van der Waals surface area contributed by atoms with Crippen molar-refractivity contribution in [1.82, 2.24) is 9.97 Å². The minimum Gasteiger partial charge on any atom is -0.376 e. The molecule has 1 aromatic heterocycles. The highest BCUT2D eigenvalue weighted by Crippen LogP contribution is 2.32. The predicted molar refractivity (Wildman–Crippen MR) is 70.2 cm³/mol. The van der Waals surface area contributed by atoms with Gasteiger partial charge in [0.2, 0.25) is 0 Å². The first-order valence-electron chi connectivity index (χ1n) is 6.05. The fourth-order valence-corrected chi connectivity index (χ4v) is 1.78. The zero-order valence-corrected chi connectivity index (χ0v) is 11.0. The summed E-state index contributed by atoms with van der Waals surface area (Å²) in [6.07, 6.45) is 0.120. The standard InChI is InChI=1S/C14H11F3N4/c1-9(13-8-19-4-5-20-13)21-12-3-2-11(14(15,16)17)6-10(12)7-18/h2-6,8-9,21H,1H3. The number of halogens is 3. The predicted octanol–water partition coefficient (Wildman–Crippen LogP) is 3.54. The van der Waals surface area contributed by atoms with Gasteiger partial charge in [-0.3, -0.25) is 9.97 Å². The van der Waals surface area contributed by atoms with Crippen molar-refractivity contribution in [2.24, 2.45) is 0 Å². The van der Waals surface area contributed by atoms with E-state index in [1.807, 2.05) is 0 Å². The van der Waals surface area contributed by atoms with Crippen LogP contribution in [0.4, 0.5) is 18.9 Å². The maximum absolute atomic E-state index is 12.6. The molecule has 1 atom stereocenters. The molecule has 0 saturated carbocycles. The van der Waals surface area contributed by atoms with Crippen LogP contribution in [0.3, 0.4) is 0 Å². The molecule has 0 radical (unpaired) electrons. The Kier molecular flexibility index (Phi) is 4.08. The highest BCUT2D eigenvalue weighted by atomic mass is 19.4. The Hall–Kier alpha value is -2.62. The average molecular weight is 292 g/mol. The molecular formula is C14H11F3N4. The summed E-state index contributed by atoms with van der Waals surface area (Å²) in [4.78, 5) is 8.02. The summed E-state index contributed by atoms with van der Waals surface area (Å²) in [6.45, 7) is 1.78. The average Bonchev–Trinajstić information content (AvgIpc) is 2.47. The zero-order valence-electron chi connectivity index (χ0n) is 11.0. The van der Waals surface area contributed by atoms with Crippen molar-refractivity contribution in [1.29, 1.82) is 5.26 Å². The lowest BCUT2D eigenvalue weighted by atomic mass is 10.1. The molecule has 21 heavy (non-hydrogen) atoms. The van der Waals surface area contributed by atoms with Gasteiger partial charge in [-0.1, -0.05) is 0 Å². The first-order valence-corrected chi connectivity index (χ1v) is 6.05. The number of anilines is 1. The quantitative estimate of drug-likeness (QED) is 0.940. The van der Waals surface area contributed by atoms with E-state index in [1.54, 1.807) is 19.2 Å². The molecule has 0 aliphatic rings. The molecule has 108 valence electrons. The molecule has 0 spiro atoms. The molecular weight excluding hydrogens is 281 g/mol. The number of aromatic nitrogens is 2. The highest BCUT2D eigenvalue weighted by molar-refractivity contribution is 5.59. The van der Waals surface area contributed by atoms with Crippen molar-refractivity contribution in [2.45, 2.75) is 19.1 Å². The lowest BCUT2D eigenvalue weighted by molar-refractivity contribution is -0.137. The fraction of sp³-hybridized carbons (Fsp3) is 0.214. The van der Waals surface area contributed by atoms with Crippen LogP contribution in [0.1, 0.15) is 29.8 Å². The number of nitriles is 1. The van der Waals surface area contributed by atoms with E-state index in [-0.39, 0.29) is 11.6 Å². The number of nitrogens with zero attached hydrogens (tertiary/aromatic N) is 3. The van der Waals surface area contributed by atoms with Crippen molar-refractivity contribution >= 4 is 5.69 Å². The maximum atomic E-state index is 12.6. The van der Waals surface area contributed by atoms with E-state index < -0.39 is 11.7 Å². The Morgan fingerprint density at radius 2 is 2.05 bits per heavy atom. The van der Waals surface area contributed by atoms with Gasteiger partial charge in [0.05, 0.1) is 34.7 Å². The Bertz CT molecular complexity index is 662. The molecule has 0 aliphatic heterocycles. The van der Waals surface area contributed by atoms with E-state index in [9.17, 15) is 13.2 Å². The van der Waals surface area contributed by atoms with E-state index in [0.29, 0.717) is 11.4 Å². The third-order valence-electron chi connectivity index (χ3n) is 2.87. The van der Waals surface area contributed by atoms with Gasteiger partial charge >= 0.3 is 6.18 Å². The Morgan fingerprint density at radius 1 is 1.29 bits per heavy atom. The van der Waals surface area contributed by atoms with Gasteiger partial charge in [0.1, 0.15) is 6.07 Å². The number of benzene rings is 1. The highest BCUT2D eigenvalue weighted by Gasteiger charge is 2.31. The van der Waals surface area contributed by atoms with E-state index >= 15 is 0 Å². The summed E-state index contributed by atoms with van der Waals surface area (Å²) >= 11 is 0. The SMILES string of the molecule is CC(Nc1ccc(C(F)(F)F)cc1C#N)c1cnccn1. The smallest absolute Gasteiger partial charge is 0.376 e. The van der Waals surface area contributed by atoms with Crippen molar-refractivity contribution in [3.8, 4) is 6.07 Å². The molecule has 2 rings (SSSR count). The summed E-state index contributed by atoms with van der Waals surface area (Å²) in [7, 11) is 0. The lowest BCUT2D eigenvalue weighted by Gasteiger charge is -2.16. The number of nitrogens with one attached hydrogen (secondary N) is 1. The molecule has 1 heterocycles. The first-order chi connectivity index (χ1) is 9.91. The van der Waals surface area contributed by atoms with Crippen molar-refractivity contribution in [3.05, 3.63) is 53.6 Å². The maximum Gasteiger partial charge on any atom is 0.416 e. The van der Waals surface area contributed by atoms with Gasteiger partial charge in [0.25, 0.3) is 0 Å². The summed E-state index contributed by atoms with van der Waals surface area (Å²) < 4.78 is 37.8. The molecule has 1 N–H and O–H groups in total. The van der Waals surface area contributed by atoms with E-state index in [1.165, 1.54) is 18.5 Å². The number of hydrogen-bond donors (Lipinski definition) is 1. The Morgan fingerprint density at radius 3 is 2.62 bits per heavy atom. The van der Waals surface area contributed by atoms with Crippen molar-refractivity contribution in [3.63, 3.8) is 0 Å². The van der Waals surface area contributed by atoms with E-state index in [0.717, 1.165) is 12.1 Å². The van der Waals surface area contributed by atoms with Crippen LogP contribution < -0.4 is 5.32 Å². The molecule has 0 bridgehead atoms. The summed E-state index contributed by atoms with van der Waals surface area (Å²) in [5.41, 5.74) is 0.0299. The molecule has 1 aromatic carbocycles. The van der Waals surface area contributed by atoms with Crippen LogP contribution in [-0.4, -0.2) is 9.97 Å². The van der Waals surface area contributed by atoms with E-state index in [4.69, 9.17) is 5.26 Å². The zero-order chi connectivity index (χ0) is 15.5. The van der Waals surface area contributed by atoms with E-state index in [2.05, 4.69) is 15.3 Å². The lowest BCUT2D eigenvalue weighted by Crippen LogP contribution is -2.11. The summed E-state index contributed by atoms with van der Waals surface area (Å²) in [5, 5.41) is 12.0. The van der Waals surface area contributed by atoms with Crippen molar-refractivity contribution in [2.75, 3.05) is 5.32 Å². The summed E-state index contributed by atoms with van der Waals surface area (Å²) in [6, 6.07) is 4.48. The third-order valence-corrected chi connectivity index (χ3v) is 2.87. The van der Waals surface area contributed by atoms with Crippen molar-refractivity contribution < 1.29 is 13.2 Å². The second-order valence-electron chi connectivity index (χ2n) is 4.37. The molecule has 0 fully saturated rings. The number of hydrogen-bond acceptors (Lipinski definition) is 4. The largest absolute Gasteiger partial charge is 0.416 e. The molecule has 0 aliphatic carbocycles. The second-order valence-corrected chi connectivity index (χ2v) is 4.37. The van der Waals surface area contributed by atoms with Gasteiger partial charge in [0.15, 0.2) is 0 Å². The molecule has 0 amide bonds. The topological polar surface area (TPSA) is 61.6 Å². The first kappa shape index (κ1) is 14.8. The molecule has 0 saturated heterocycles. The van der Waals surface area contributed by atoms with Crippen LogP contribution in [-0.2, 0) is 6.18 Å². The van der Waals surface area contributed by atoms with Crippen LogP contribution in [0, 0.1) is 11.3 Å². The number of alkyl halides is 3. The van der Waals surface area contributed by atoms with Gasteiger partial charge < -0.3 is 5.32 Å². The van der Waals surface area contributed by atoms with Crippen LogP contribution in [0.5, 0.6) is 0 Å². The van der Waals surface area contributed by atoms with Gasteiger partial charge in [-0.15, -0.1) is 0 Å². The molecule has 4 nitrogen and oxygen atoms in total. The van der Waals surface area contributed by atoms with Crippen LogP contribution >= 0.6 is 0 Å². The van der Waals surface area contributed by atoms with Crippen LogP contribution in [0.2, 0.25) is 0 Å². The van der Waals surface area contributed by atoms with Crippen LogP contribution in [0.15, 0.2) is 36.8 Å². The summed E-state index contributed by atoms with van der Waals surface area (Å²) in [5.74, 6) is 0. The van der Waals surface area contributed by atoms with Gasteiger partial charge in [-0.05, 0) is 25.1 Å². The Balaban J connectivity index is 2.27. The van der Waals surface area contributed by atoms with Gasteiger partial charge in [0, 0.05) is 12.4 Å². The Labute approximate surface area is 119 Å². The molecule has 1 unspecified atom stereocenters. The minimum absolute atomic E-state index is 0.0689. The van der Waals surface area contributed by atoms with Crippen LogP contribution in [0.25, 0.3) is 0 Å². The third kappa shape index (κ3) is 3.48. The fourth-order valence-electron chi connectivity index (χ4n) is 1.78. The van der Waals surface area contributed by atoms with Gasteiger partial charge in [-0.2, -0.15) is 18.4 Å². The second kappa shape index (κ2) is 5.79.